The van der Waals surface area contributed by atoms with Crippen LogP contribution in [0.25, 0.3) is 11.3 Å². The first-order valence-electron chi connectivity index (χ1n) is 7.77. The molecule has 0 spiro atoms. The van der Waals surface area contributed by atoms with Crippen LogP contribution in [-0.4, -0.2) is 9.97 Å². The number of aromatic nitrogens is 2. The topological polar surface area (TPSA) is 25.8 Å². The Hall–Kier alpha value is -2.26. The molecule has 1 unspecified atom stereocenters. The third-order valence-corrected chi connectivity index (χ3v) is 4.35. The fourth-order valence-corrected chi connectivity index (χ4v) is 3.22. The van der Waals surface area contributed by atoms with E-state index in [1.165, 1.54) is 10.4 Å². The van der Waals surface area contributed by atoms with Gasteiger partial charge in [0.15, 0.2) is 0 Å². The van der Waals surface area contributed by atoms with Crippen LogP contribution in [0.2, 0.25) is 0 Å². The molecular formula is C20H22N2S. The summed E-state index contributed by atoms with van der Waals surface area (Å²) in [5.74, 6) is 0.403. The number of benzene rings is 1. The van der Waals surface area contributed by atoms with E-state index in [1.807, 2.05) is 43.0 Å². The van der Waals surface area contributed by atoms with Crippen molar-refractivity contribution in [3.05, 3.63) is 83.5 Å². The number of hydrogen-bond donors (Lipinski definition) is 0. The molecule has 3 rings (SSSR count). The quantitative estimate of drug-likeness (QED) is 0.556. The Balaban J connectivity index is 0.000000595. The lowest BCUT2D eigenvalue weighted by molar-refractivity contribution is 0.785. The highest BCUT2D eigenvalue weighted by atomic mass is 32.1. The van der Waals surface area contributed by atoms with Crippen LogP contribution in [0.15, 0.2) is 73.0 Å². The maximum atomic E-state index is 4.61. The van der Waals surface area contributed by atoms with Gasteiger partial charge in [0.2, 0.25) is 0 Å². The second kappa shape index (κ2) is 9.01. The Morgan fingerprint density at radius 2 is 1.87 bits per heavy atom. The van der Waals surface area contributed by atoms with Crippen LogP contribution in [0, 0.1) is 0 Å². The maximum absolute atomic E-state index is 4.61. The van der Waals surface area contributed by atoms with Crippen molar-refractivity contribution in [2.45, 2.75) is 26.2 Å². The molecule has 0 radical (unpaired) electrons. The lowest BCUT2D eigenvalue weighted by Gasteiger charge is -2.13. The summed E-state index contributed by atoms with van der Waals surface area (Å²) < 4.78 is 0. The molecule has 0 aliphatic carbocycles. The maximum Gasteiger partial charge on any atom is 0.0794 e. The van der Waals surface area contributed by atoms with Gasteiger partial charge in [0, 0.05) is 28.8 Å². The summed E-state index contributed by atoms with van der Waals surface area (Å²) in [6, 6.07) is 14.6. The Bertz CT molecular complexity index is 688. The van der Waals surface area contributed by atoms with Gasteiger partial charge in [0.25, 0.3) is 0 Å². The van der Waals surface area contributed by atoms with Crippen LogP contribution in [0.4, 0.5) is 0 Å². The predicted octanol–water partition coefficient (Wildman–Crippen LogP) is 5.94. The molecule has 0 amide bonds. The second-order valence-electron chi connectivity index (χ2n) is 5.12. The van der Waals surface area contributed by atoms with Gasteiger partial charge in [-0.2, -0.15) is 0 Å². The molecule has 0 bridgehead atoms. The lowest BCUT2D eigenvalue weighted by atomic mass is 9.96. The normalized spacial score (nSPS) is 11.2. The molecule has 2 nitrogen and oxygen atoms in total. The molecule has 0 N–H and O–H groups in total. The smallest absolute Gasteiger partial charge is 0.0794 e. The highest BCUT2D eigenvalue weighted by Crippen LogP contribution is 2.30. The molecule has 0 aliphatic rings. The Morgan fingerprint density at radius 3 is 2.39 bits per heavy atom. The zero-order valence-electron chi connectivity index (χ0n) is 13.6. The molecule has 2 aromatic heterocycles. The third kappa shape index (κ3) is 4.60. The summed E-state index contributed by atoms with van der Waals surface area (Å²) in [6.07, 6.45) is 6.77. The Morgan fingerprint density at radius 1 is 1.13 bits per heavy atom. The number of rotatable bonds is 4. The van der Waals surface area contributed by atoms with E-state index in [0.717, 1.165) is 17.7 Å². The van der Waals surface area contributed by atoms with Gasteiger partial charge in [-0.05, 0) is 25.0 Å². The van der Waals surface area contributed by atoms with Gasteiger partial charge in [0.05, 0.1) is 11.2 Å². The summed E-state index contributed by atoms with van der Waals surface area (Å²) >= 11 is 1.71. The van der Waals surface area contributed by atoms with Crippen LogP contribution < -0.4 is 0 Å². The van der Waals surface area contributed by atoms with Gasteiger partial charge in [-0.15, -0.1) is 17.9 Å². The van der Waals surface area contributed by atoms with E-state index >= 15 is 0 Å². The highest BCUT2D eigenvalue weighted by molar-refractivity contribution is 7.09. The minimum atomic E-state index is 0.403. The number of pyridine rings is 1. The molecule has 0 saturated carbocycles. The molecule has 0 aliphatic heterocycles. The molecule has 23 heavy (non-hydrogen) atoms. The van der Waals surface area contributed by atoms with E-state index in [-0.39, 0.29) is 0 Å². The number of nitrogens with zero attached hydrogens (tertiary/aromatic N) is 2. The number of thiazole rings is 1. The molecule has 0 fully saturated rings. The molecule has 3 heteroatoms. The largest absolute Gasteiger partial charge is 0.256 e. The molecule has 0 saturated heterocycles. The van der Waals surface area contributed by atoms with Crippen molar-refractivity contribution in [3.63, 3.8) is 0 Å². The molecule has 1 aromatic carbocycles. The summed E-state index contributed by atoms with van der Waals surface area (Å²) in [5.41, 5.74) is 5.33. The van der Waals surface area contributed by atoms with Crippen molar-refractivity contribution < 1.29 is 0 Å². The Kier molecular flexibility index (Phi) is 6.70. The van der Waals surface area contributed by atoms with Gasteiger partial charge in [-0.1, -0.05) is 49.4 Å². The van der Waals surface area contributed by atoms with Crippen LogP contribution in [-0.2, 0) is 0 Å². The molecule has 2 heterocycles. The van der Waals surface area contributed by atoms with Gasteiger partial charge in [0.1, 0.15) is 0 Å². The fourth-order valence-electron chi connectivity index (χ4n) is 2.39. The van der Waals surface area contributed by atoms with Crippen LogP contribution in [0.1, 0.15) is 36.6 Å². The van der Waals surface area contributed by atoms with Gasteiger partial charge in [-0.25, -0.2) is 0 Å². The van der Waals surface area contributed by atoms with E-state index < -0.39 is 0 Å². The first-order chi connectivity index (χ1) is 11.3. The zero-order valence-corrected chi connectivity index (χ0v) is 14.5. The average Bonchev–Trinajstić information content (AvgIpc) is 3.12. The summed E-state index contributed by atoms with van der Waals surface area (Å²) in [7, 11) is 0. The van der Waals surface area contributed by atoms with E-state index in [1.54, 1.807) is 17.4 Å². The van der Waals surface area contributed by atoms with E-state index in [4.69, 9.17) is 0 Å². The molecule has 118 valence electrons. The molecular weight excluding hydrogens is 300 g/mol. The SMILES string of the molecule is C=CC.CCC(c1ccc(-c2ccccc2)nc1)c1cncs1. The lowest BCUT2D eigenvalue weighted by Crippen LogP contribution is -1.98. The minimum Gasteiger partial charge on any atom is -0.256 e. The third-order valence-electron chi connectivity index (χ3n) is 3.46. The highest BCUT2D eigenvalue weighted by Gasteiger charge is 2.14. The Labute approximate surface area is 142 Å². The van der Waals surface area contributed by atoms with Crippen molar-refractivity contribution in [1.29, 1.82) is 0 Å². The predicted molar refractivity (Wildman–Crippen MR) is 99.8 cm³/mol. The van der Waals surface area contributed by atoms with Crippen molar-refractivity contribution >= 4 is 11.3 Å². The standard InChI is InChI=1S/C17H16N2S.C3H6/c1-2-15(17-11-18-12-20-17)14-8-9-16(19-10-14)13-6-4-3-5-7-13;1-3-2/h3-12,15H,2H2,1H3;3H,1H2,2H3. The van der Waals surface area contributed by atoms with E-state index in [2.05, 4.69) is 47.7 Å². The summed E-state index contributed by atoms with van der Waals surface area (Å²) in [4.78, 5) is 10.1. The van der Waals surface area contributed by atoms with Gasteiger partial charge in [-0.3, -0.25) is 9.97 Å². The molecule has 3 aromatic rings. The fraction of sp³-hybridized carbons (Fsp3) is 0.200. The van der Waals surface area contributed by atoms with Crippen molar-refractivity contribution in [2.75, 3.05) is 0 Å². The number of hydrogen-bond acceptors (Lipinski definition) is 3. The average molecular weight is 322 g/mol. The van der Waals surface area contributed by atoms with E-state index in [0.29, 0.717) is 5.92 Å². The first kappa shape index (κ1) is 17.1. The first-order valence-corrected chi connectivity index (χ1v) is 8.64. The van der Waals surface area contributed by atoms with Crippen molar-refractivity contribution in [2.24, 2.45) is 0 Å². The van der Waals surface area contributed by atoms with Crippen LogP contribution in [0.5, 0.6) is 0 Å². The minimum absolute atomic E-state index is 0.403. The van der Waals surface area contributed by atoms with Gasteiger partial charge >= 0.3 is 0 Å². The summed E-state index contributed by atoms with van der Waals surface area (Å²) in [5, 5.41) is 0. The van der Waals surface area contributed by atoms with Crippen molar-refractivity contribution in [1.82, 2.24) is 9.97 Å². The zero-order chi connectivity index (χ0) is 16.5. The summed E-state index contributed by atoms with van der Waals surface area (Å²) in [6.45, 7) is 7.45. The van der Waals surface area contributed by atoms with E-state index in [9.17, 15) is 0 Å². The van der Waals surface area contributed by atoms with Crippen molar-refractivity contribution in [3.8, 4) is 11.3 Å². The van der Waals surface area contributed by atoms with Gasteiger partial charge < -0.3 is 0 Å². The monoisotopic (exact) mass is 322 g/mol. The molecule has 1 atom stereocenters. The van der Waals surface area contributed by atoms with Crippen LogP contribution in [0.3, 0.4) is 0 Å². The van der Waals surface area contributed by atoms with Crippen LogP contribution >= 0.6 is 11.3 Å². The number of allylic oxidation sites excluding steroid dienone is 1. The second-order valence-corrected chi connectivity index (χ2v) is 6.03.